The Morgan fingerprint density at radius 3 is 2.59 bits per heavy atom. The zero-order chi connectivity index (χ0) is 11.8. The van der Waals surface area contributed by atoms with Crippen LogP contribution in [0, 0.1) is 0 Å². The highest BCUT2D eigenvalue weighted by Crippen LogP contribution is 2.22. The van der Waals surface area contributed by atoms with Crippen molar-refractivity contribution in [2.45, 2.75) is 0 Å². The average Bonchev–Trinajstić information content (AvgIpc) is 2.73. The number of anilines is 1. The van der Waals surface area contributed by atoms with E-state index < -0.39 is 0 Å². The summed E-state index contributed by atoms with van der Waals surface area (Å²) in [6.45, 7) is 0. The van der Waals surface area contributed by atoms with Crippen molar-refractivity contribution in [3.8, 4) is 5.69 Å². The number of halogens is 1. The standard InChI is InChI=1S/C13H10ClN3/c14-10-1-6-13-9(7-10)8-16-17(13)12-4-2-11(15)3-5-12/h1-8H,15H2. The molecule has 1 aromatic heterocycles. The van der Waals surface area contributed by atoms with Gasteiger partial charge < -0.3 is 5.73 Å². The fourth-order valence-corrected chi connectivity index (χ4v) is 2.01. The second kappa shape index (κ2) is 3.79. The lowest BCUT2D eigenvalue weighted by molar-refractivity contribution is 0.911. The first-order valence-electron chi connectivity index (χ1n) is 5.23. The van der Waals surface area contributed by atoms with Crippen molar-refractivity contribution in [2.75, 3.05) is 5.73 Å². The van der Waals surface area contributed by atoms with Crippen LogP contribution in [0.4, 0.5) is 5.69 Å². The van der Waals surface area contributed by atoms with E-state index in [1.165, 1.54) is 0 Å². The topological polar surface area (TPSA) is 43.8 Å². The highest BCUT2D eigenvalue weighted by atomic mass is 35.5. The van der Waals surface area contributed by atoms with E-state index in [9.17, 15) is 0 Å². The Morgan fingerprint density at radius 1 is 1.06 bits per heavy atom. The highest BCUT2D eigenvalue weighted by molar-refractivity contribution is 6.31. The quantitative estimate of drug-likeness (QED) is 0.667. The van der Waals surface area contributed by atoms with Crippen molar-refractivity contribution in [1.82, 2.24) is 9.78 Å². The van der Waals surface area contributed by atoms with Crippen LogP contribution in [-0.4, -0.2) is 9.78 Å². The predicted octanol–water partition coefficient (Wildman–Crippen LogP) is 3.26. The Labute approximate surface area is 103 Å². The molecule has 0 atom stereocenters. The molecule has 84 valence electrons. The van der Waals surface area contributed by atoms with Crippen LogP contribution in [0.3, 0.4) is 0 Å². The number of hydrogen-bond donors (Lipinski definition) is 1. The van der Waals surface area contributed by atoms with Crippen molar-refractivity contribution in [3.63, 3.8) is 0 Å². The number of benzene rings is 2. The molecule has 0 unspecified atom stereocenters. The van der Waals surface area contributed by atoms with Crippen molar-refractivity contribution < 1.29 is 0 Å². The third-order valence-corrected chi connectivity index (χ3v) is 2.90. The second-order valence-electron chi connectivity index (χ2n) is 3.85. The van der Waals surface area contributed by atoms with Crippen LogP contribution in [0.2, 0.25) is 5.02 Å². The minimum Gasteiger partial charge on any atom is -0.399 e. The van der Waals surface area contributed by atoms with E-state index in [2.05, 4.69) is 5.10 Å². The van der Waals surface area contributed by atoms with E-state index in [-0.39, 0.29) is 0 Å². The predicted molar refractivity (Wildman–Crippen MR) is 70.5 cm³/mol. The van der Waals surface area contributed by atoms with Gasteiger partial charge >= 0.3 is 0 Å². The van der Waals surface area contributed by atoms with Crippen LogP contribution in [0.15, 0.2) is 48.7 Å². The van der Waals surface area contributed by atoms with E-state index >= 15 is 0 Å². The van der Waals surface area contributed by atoms with Crippen LogP contribution in [-0.2, 0) is 0 Å². The monoisotopic (exact) mass is 243 g/mol. The van der Waals surface area contributed by atoms with Gasteiger partial charge in [0.15, 0.2) is 0 Å². The first-order valence-corrected chi connectivity index (χ1v) is 5.61. The number of fused-ring (bicyclic) bond motifs is 1. The van der Waals surface area contributed by atoms with Crippen molar-refractivity contribution in [1.29, 1.82) is 0 Å². The van der Waals surface area contributed by atoms with Gasteiger partial charge in [-0.2, -0.15) is 5.10 Å². The van der Waals surface area contributed by atoms with E-state index in [1.807, 2.05) is 47.1 Å². The van der Waals surface area contributed by atoms with E-state index in [0.29, 0.717) is 5.02 Å². The maximum atomic E-state index is 5.94. The molecule has 0 aliphatic rings. The Bertz CT molecular complexity index is 671. The number of aromatic nitrogens is 2. The largest absolute Gasteiger partial charge is 0.399 e. The van der Waals surface area contributed by atoms with Crippen molar-refractivity contribution >= 4 is 28.2 Å². The van der Waals surface area contributed by atoms with Gasteiger partial charge in [0.05, 0.1) is 17.4 Å². The smallest absolute Gasteiger partial charge is 0.0742 e. The van der Waals surface area contributed by atoms with Crippen molar-refractivity contribution in [3.05, 3.63) is 53.7 Å². The maximum Gasteiger partial charge on any atom is 0.0742 e. The highest BCUT2D eigenvalue weighted by Gasteiger charge is 2.04. The summed E-state index contributed by atoms with van der Waals surface area (Å²) >= 11 is 5.94. The molecule has 4 heteroatoms. The lowest BCUT2D eigenvalue weighted by atomic mass is 10.2. The minimum atomic E-state index is 0.717. The van der Waals surface area contributed by atoms with Gasteiger partial charge in [0.1, 0.15) is 0 Å². The van der Waals surface area contributed by atoms with Crippen LogP contribution in [0.1, 0.15) is 0 Å². The summed E-state index contributed by atoms with van der Waals surface area (Å²) in [6, 6.07) is 13.3. The SMILES string of the molecule is Nc1ccc(-n2ncc3cc(Cl)ccc32)cc1. The fourth-order valence-electron chi connectivity index (χ4n) is 1.83. The normalized spacial score (nSPS) is 10.9. The molecule has 2 N–H and O–H groups in total. The second-order valence-corrected chi connectivity index (χ2v) is 4.29. The Hall–Kier alpha value is -2.00. The van der Waals surface area contributed by atoms with E-state index in [0.717, 1.165) is 22.3 Å². The van der Waals surface area contributed by atoms with Crippen LogP contribution >= 0.6 is 11.6 Å². The first kappa shape index (κ1) is 10.2. The number of nitrogens with zero attached hydrogens (tertiary/aromatic N) is 2. The van der Waals surface area contributed by atoms with Gasteiger partial charge in [0.25, 0.3) is 0 Å². The average molecular weight is 244 g/mol. The molecule has 0 saturated heterocycles. The summed E-state index contributed by atoms with van der Waals surface area (Å²) < 4.78 is 1.87. The molecule has 0 bridgehead atoms. The third kappa shape index (κ3) is 1.74. The molecule has 17 heavy (non-hydrogen) atoms. The Balaban J connectivity index is 2.21. The number of nitrogen functional groups attached to an aromatic ring is 1. The molecule has 0 saturated carbocycles. The Morgan fingerprint density at radius 2 is 1.82 bits per heavy atom. The van der Waals surface area contributed by atoms with Crippen LogP contribution < -0.4 is 5.73 Å². The van der Waals surface area contributed by atoms with Gasteiger partial charge in [-0.1, -0.05) is 11.6 Å². The minimum absolute atomic E-state index is 0.717. The maximum absolute atomic E-state index is 5.94. The molecule has 0 aliphatic carbocycles. The molecule has 1 heterocycles. The molecule has 0 aliphatic heterocycles. The summed E-state index contributed by atoms with van der Waals surface area (Å²) in [4.78, 5) is 0. The fraction of sp³-hybridized carbons (Fsp3) is 0. The Kier molecular flexibility index (Phi) is 2.27. The van der Waals surface area contributed by atoms with Gasteiger partial charge in [0, 0.05) is 16.1 Å². The summed E-state index contributed by atoms with van der Waals surface area (Å²) in [5, 5.41) is 6.09. The van der Waals surface area contributed by atoms with E-state index in [1.54, 1.807) is 6.20 Å². The molecule has 3 rings (SSSR count). The summed E-state index contributed by atoms with van der Waals surface area (Å²) in [5.74, 6) is 0. The van der Waals surface area contributed by atoms with Crippen LogP contribution in [0.25, 0.3) is 16.6 Å². The molecule has 2 aromatic carbocycles. The van der Waals surface area contributed by atoms with Gasteiger partial charge in [-0.05, 0) is 42.5 Å². The van der Waals surface area contributed by atoms with Crippen molar-refractivity contribution in [2.24, 2.45) is 0 Å². The molecular weight excluding hydrogens is 234 g/mol. The summed E-state index contributed by atoms with van der Waals surface area (Å²) in [6.07, 6.45) is 1.80. The van der Waals surface area contributed by atoms with Gasteiger partial charge in [-0.3, -0.25) is 0 Å². The zero-order valence-electron chi connectivity index (χ0n) is 8.97. The van der Waals surface area contributed by atoms with Gasteiger partial charge in [-0.15, -0.1) is 0 Å². The molecule has 3 aromatic rings. The number of rotatable bonds is 1. The molecule has 0 amide bonds. The number of nitrogens with two attached hydrogens (primary N) is 1. The lowest BCUT2D eigenvalue weighted by Gasteiger charge is -2.03. The van der Waals surface area contributed by atoms with Gasteiger partial charge in [-0.25, -0.2) is 4.68 Å². The molecule has 0 fully saturated rings. The first-order chi connectivity index (χ1) is 8.24. The lowest BCUT2D eigenvalue weighted by Crippen LogP contribution is -1.96. The molecule has 0 radical (unpaired) electrons. The number of hydrogen-bond acceptors (Lipinski definition) is 2. The molecule has 3 nitrogen and oxygen atoms in total. The zero-order valence-corrected chi connectivity index (χ0v) is 9.72. The van der Waals surface area contributed by atoms with E-state index in [4.69, 9.17) is 17.3 Å². The molecule has 0 spiro atoms. The van der Waals surface area contributed by atoms with Crippen LogP contribution in [0.5, 0.6) is 0 Å². The van der Waals surface area contributed by atoms with Gasteiger partial charge in [0.2, 0.25) is 0 Å². The third-order valence-electron chi connectivity index (χ3n) is 2.67. The summed E-state index contributed by atoms with van der Waals surface area (Å²) in [7, 11) is 0. The molecular formula is C13H10ClN3. The summed E-state index contributed by atoms with van der Waals surface area (Å²) in [5.41, 5.74) is 8.42.